The molecule has 0 atom stereocenters. The van der Waals surface area contributed by atoms with Gasteiger partial charge < -0.3 is 15.4 Å². The summed E-state index contributed by atoms with van der Waals surface area (Å²) in [6.07, 6.45) is 1.59. The molecule has 2 N–H and O–H groups in total. The molecule has 160 valence electrons. The average molecular weight is 482 g/mol. The Morgan fingerprint density at radius 1 is 1.00 bits per heavy atom. The molecule has 0 aliphatic rings. The van der Waals surface area contributed by atoms with Crippen LogP contribution < -0.4 is 15.4 Å². The number of hydrogen-bond acceptors (Lipinski definition) is 4. The first kappa shape index (κ1) is 22.5. The van der Waals surface area contributed by atoms with Crippen LogP contribution in [0.2, 0.25) is 0 Å². The minimum Gasteiger partial charge on any atom is -0.437 e. The van der Waals surface area contributed by atoms with E-state index < -0.39 is 6.03 Å². The van der Waals surface area contributed by atoms with Crippen molar-refractivity contribution in [2.24, 2.45) is 0 Å². The Balaban J connectivity index is 1.68. The molecule has 0 radical (unpaired) electrons. The molecule has 3 aromatic rings. The summed E-state index contributed by atoms with van der Waals surface area (Å²) in [5.74, 6) is 0.751. The van der Waals surface area contributed by atoms with Crippen molar-refractivity contribution in [2.75, 3.05) is 11.9 Å². The van der Waals surface area contributed by atoms with Crippen molar-refractivity contribution in [3.63, 3.8) is 0 Å². The van der Waals surface area contributed by atoms with Crippen LogP contribution >= 0.6 is 15.9 Å². The van der Waals surface area contributed by atoms with Crippen molar-refractivity contribution in [2.45, 2.75) is 26.2 Å². The summed E-state index contributed by atoms with van der Waals surface area (Å²) < 4.78 is 6.93. The van der Waals surface area contributed by atoms with E-state index in [1.54, 1.807) is 42.6 Å². The number of carbonyl (C=O) groups excluding carboxylic acids is 2. The fourth-order valence-electron chi connectivity index (χ4n) is 2.91. The Bertz CT molecular complexity index is 1080. The van der Waals surface area contributed by atoms with Gasteiger partial charge in [0, 0.05) is 21.8 Å². The number of amides is 2. The maximum atomic E-state index is 12.4. The molecular weight excluding hydrogens is 458 g/mol. The maximum absolute atomic E-state index is 12.4. The van der Waals surface area contributed by atoms with Gasteiger partial charge >= 0.3 is 6.03 Å². The molecule has 2 amide bonds. The second-order valence-electron chi connectivity index (χ2n) is 7.94. The number of aromatic nitrogens is 1. The number of carbonyl (C=O) groups is 2. The highest BCUT2D eigenvalue weighted by Crippen LogP contribution is 2.35. The van der Waals surface area contributed by atoms with Crippen LogP contribution in [0.5, 0.6) is 11.6 Å². The Hall–Kier alpha value is -3.19. The highest BCUT2D eigenvalue weighted by molar-refractivity contribution is 9.10. The molecule has 3 rings (SSSR count). The van der Waals surface area contributed by atoms with E-state index in [-0.39, 0.29) is 23.6 Å². The third kappa shape index (κ3) is 6.15. The zero-order valence-corrected chi connectivity index (χ0v) is 19.2. The van der Waals surface area contributed by atoms with Crippen LogP contribution in [0.25, 0.3) is 0 Å². The number of hydrogen-bond donors (Lipinski definition) is 2. The molecule has 31 heavy (non-hydrogen) atoms. The van der Waals surface area contributed by atoms with Gasteiger partial charge in [0.05, 0.1) is 6.54 Å². The molecular formula is C24H24BrN3O3. The molecule has 0 fully saturated rings. The monoisotopic (exact) mass is 481 g/mol. The number of anilines is 1. The van der Waals surface area contributed by atoms with Crippen LogP contribution in [0, 0.1) is 0 Å². The predicted octanol–water partition coefficient (Wildman–Crippen LogP) is 5.94. The summed E-state index contributed by atoms with van der Waals surface area (Å²) in [7, 11) is 0. The summed E-state index contributed by atoms with van der Waals surface area (Å²) in [5.41, 5.74) is 1.83. The van der Waals surface area contributed by atoms with Gasteiger partial charge in [-0.15, -0.1) is 0 Å². The van der Waals surface area contributed by atoms with E-state index in [9.17, 15) is 9.59 Å². The lowest BCUT2D eigenvalue weighted by atomic mass is 9.86. The molecule has 6 nitrogen and oxygen atoms in total. The Labute approximate surface area is 190 Å². The minimum absolute atomic E-state index is 0.121. The van der Waals surface area contributed by atoms with Crippen LogP contribution in [0.15, 0.2) is 71.3 Å². The number of para-hydroxylation sites is 1. The van der Waals surface area contributed by atoms with Gasteiger partial charge in [0.1, 0.15) is 11.4 Å². The smallest absolute Gasteiger partial charge is 0.319 e. The van der Waals surface area contributed by atoms with E-state index >= 15 is 0 Å². The normalized spacial score (nSPS) is 11.0. The number of ketones is 1. The van der Waals surface area contributed by atoms with Gasteiger partial charge in [-0.1, -0.05) is 67.0 Å². The van der Waals surface area contributed by atoms with Gasteiger partial charge in [-0.25, -0.2) is 9.78 Å². The molecule has 0 saturated carbocycles. The average Bonchev–Trinajstić information content (AvgIpc) is 2.73. The van der Waals surface area contributed by atoms with Gasteiger partial charge in [-0.2, -0.15) is 0 Å². The van der Waals surface area contributed by atoms with Crippen LogP contribution in [-0.2, 0) is 5.41 Å². The molecule has 0 aliphatic carbocycles. The Kier molecular flexibility index (Phi) is 7.07. The van der Waals surface area contributed by atoms with Gasteiger partial charge in [0.25, 0.3) is 0 Å². The molecule has 0 aliphatic heterocycles. The summed E-state index contributed by atoms with van der Waals surface area (Å²) in [6.45, 7) is 6.17. The zero-order valence-electron chi connectivity index (χ0n) is 17.6. The molecule has 0 unspecified atom stereocenters. The summed E-state index contributed by atoms with van der Waals surface area (Å²) in [5, 5.41) is 5.28. The fraction of sp³-hybridized carbons (Fsp3) is 0.208. The zero-order chi connectivity index (χ0) is 22.4. The number of urea groups is 1. The molecule has 0 saturated heterocycles. The number of pyridine rings is 1. The molecule has 1 heterocycles. The number of Topliss-reactive ketones (excluding diaryl/α,β-unsaturated/α-hetero) is 1. The van der Waals surface area contributed by atoms with E-state index in [1.807, 2.05) is 24.3 Å². The molecule has 0 spiro atoms. The Morgan fingerprint density at radius 2 is 1.71 bits per heavy atom. The van der Waals surface area contributed by atoms with Crippen molar-refractivity contribution in [3.8, 4) is 11.6 Å². The lowest BCUT2D eigenvalue weighted by Gasteiger charge is -2.22. The standard InChI is InChI=1S/C24H24BrN3O3/c1-24(2,3)18-7-4-5-9-21(18)31-22-19(8-6-14-26-22)28-23(30)27-15-20(29)16-10-12-17(25)13-11-16/h4-14H,15H2,1-3H3,(H2,27,28,30). The predicted molar refractivity (Wildman–Crippen MR) is 125 cm³/mol. The number of rotatable bonds is 6. The minimum atomic E-state index is -0.521. The highest BCUT2D eigenvalue weighted by Gasteiger charge is 2.20. The topological polar surface area (TPSA) is 80.3 Å². The lowest BCUT2D eigenvalue weighted by Crippen LogP contribution is -2.33. The summed E-state index contributed by atoms with van der Waals surface area (Å²) in [4.78, 5) is 28.9. The summed E-state index contributed by atoms with van der Waals surface area (Å²) in [6, 6.07) is 17.6. The van der Waals surface area contributed by atoms with E-state index in [0.29, 0.717) is 17.0 Å². The quantitative estimate of drug-likeness (QED) is 0.427. The lowest BCUT2D eigenvalue weighted by molar-refractivity contribution is 0.0993. The molecule has 2 aromatic carbocycles. The first-order valence-electron chi connectivity index (χ1n) is 9.80. The number of benzene rings is 2. The maximum Gasteiger partial charge on any atom is 0.319 e. The Morgan fingerprint density at radius 3 is 2.42 bits per heavy atom. The van der Waals surface area contributed by atoms with Crippen LogP contribution in [0.3, 0.4) is 0 Å². The second kappa shape index (κ2) is 9.75. The van der Waals surface area contributed by atoms with Crippen LogP contribution in [0.1, 0.15) is 36.7 Å². The fourth-order valence-corrected chi connectivity index (χ4v) is 3.18. The van der Waals surface area contributed by atoms with E-state index in [4.69, 9.17) is 4.74 Å². The number of halogens is 1. The largest absolute Gasteiger partial charge is 0.437 e. The number of ether oxygens (including phenoxy) is 1. The third-order valence-corrected chi connectivity index (χ3v) is 5.03. The SMILES string of the molecule is CC(C)(C)c1ccccc1Oc1ncccc1NC(=O)NCC(=O)c1ccc(Br)cc1. The first-order valence-corrected chi connectivity index (χ1v) is 10.6. The molecule has 0 bridgehead atoms. The van der Waals surface area contributed by atoms with E-state index in [0.717, 1.165) is 10.0 Å². The van der Waals surface area contributed by atoms with E-state index in [2.05, 4.69) is 52.3 Å². The van der Waals surface area contributed by atoms with Gasteiger partial charge in [-0.05, 0) is 35.7 Å². The van der Waals surface area contributed by atoms with Crippen LogP contribution in [-0.4, -0.2) is 23.3 Å². The molecule has 7 heteroatoms. The van der Waals surface area contributed by atoms with Crippen molar-refractivity contribution < 1.29 is 14.3 Å². The third-order valence-electron chi connectivity index (χ3n) is 4.50. The van der Waals surface area contributed by atoms with E-state index in [1.165, 1.54) is 0 Å². The second-order valence-corrected chi connectivity index (χ2v) is 8.86. The highest BCUT2D eigenvalue weighted by atomic mass is 79.9. The van der Waals surface area contributed by atoms with Gasteiger partial charge in [-0.3, -0.25) is 4.79 Å². The van der Waals surface area contributed by atoms with Crippen molar-refractivity contribution in [1.82, 2.24) is 10.3 Å². The van der Waals surface area contributed by atoms with Crippen LogP contribution in [0.4, 0.5) is 10.5 Å². The molecule has 1 aromatic heterocycles. The first-order chi connectivity index (χ1) is 14.7. The number of nitrogens with one attached hydrogen (secondary N) is 2. The van der Waals surface area contributed by atoms with Crippen molar-refractivity contribution in [1.29, 1.82) is 0 Å². The van der Waals surface area contributed by atoms with Gasteiger partial charge in [0.15, 0.2) is 5.78 Å². The van der Waals surface area contributed by atoms with Gasteiger partial charge in [0.2, 0.25) is 5.88 Å². The number of nitrogens with zero attached hydrogens (tertiary/aromatic N) is 1. The van der Waals surface area contributed by atoms with Crippen molar-refractivity contribution in [3.05, 3.63) is 82.5 Å². The summed E-state index contributed by atoms with van der Waals surface area (Å²) >= 11 is 3.33. The van der Waals surface area contributed by atoms with Crippen molar-refractivity contribution >= 4 is 33.4 Å².